The number of carbonyl (C=O) groups excluding carboxylic acids is 3. The van der Waals surface area contributed by atoms with Crippen molar-refractivity contribution >= 4 is 17.9 Å². The van der Waals surface area contributed by atoms with E-state index in [0.717, 1.165) is 89.9 Å². The molecule has 0 aliphatic rings. The molecular weight excluding hydrogens is 817 g/mol. The highest BCUT2D eigenvalue weighted by Gasteiger charge is 2.19. The predicted octanol–water partition coefficient (Wildman–Crippen LogP) is 18.8. The Bertz CT molecular complexity index is 1200. The SMILES string of the molecule is CC/C=C\C/C=C\C/C=C\CCCCCCCCCCCC(=O)OCC(COC(=O)CCCCC/C=C\C=C/CCCC)OC(=O)CCCCCCCCCCCCCCCCCCCC. The zero-order valence-electron chi connectivity index (χ0n) is 43.7. The van der Waals surface area contributed by atoms with Crippen LogP contribution in [0.1, 0.15) is 284 Å². The van der Waals surface area contributed by atoms with Gasteiger partial charge in [0.05, 0.1) is 0 Å². The van der Waals surface area contributed by atoms with Crippen molar-refractivity contribution in [3.8, 4) is 0 Å². The average Bonchev–Trinajstić information content (AvgIpc) is 3.31. The maximum atomic E-state index is 12.8. The normalized spacial score (nSPS) is 12.5. The molecule has 6 nitrogen and oxygen atoms in total. The van der Waals surface area contributed by atoms with Crippen LogP contribution in [0.25, 0.3) is 0 Å². The van der Waals surface area contributed by atoms with E-state index in [9.17, 15) is 14.4 Å². The quantitative estimate of drug-likeness (QED) is 0.0199. The summed E-state index contributed by atoms with van der Waals surface area (Å²) in [7, 11) is 0. The number of allylic oxidation sites excluding steroid dienone is 10. The maximum Gasteiger partial charge on any atom is 0.306 e. The molecule has 0 aliphatic heterocycles. The van der Waals surface area contributed by atoms with Gasteiger partial charge in [0.15, 0.2) is 6.10 Å². The van der Waals surface area contributed by atoms with Crippen LogP contribution in [0.3, 0.4) is 0 Å². The average molecular weight is 924 g/mol. The number of hydrogen-bond donors (Lipinski definition) is 0. The summed E-state index contributed by atoms with van der Waals surface area (Å²) in [6.45, 7) is 6.48. The van der Waals surface area contributed by atoms with Gasteiger partial charge in [0.25, 0.3) is 0 Å². The summed E-state index contributed by atoms with van der Waals surface area (Å²) in [5.74, 6) is -0.906. The van der Waals surface area contributed by atoms with E-state index in [4.69, 9.17) is 14.2 Å². The van der Waals surface area contributed by atoms with Gasteiger partial charge in [-0.1, -0.05) is 255 Å². The fourth-order valence-corrected chi connectivity index (χ4v) is 8.02. The van der Waals surface area contributed by atoms with Gasteiger partial charge >= 0.3 is 17.9 Å². The minimum atomic E-state index is -0.785. The van der Waals surface area contributed by atoms with Crippen molar-refractivity contribution < 1.29 is 28.6 Å². The van der Waals surface area contributed by atoms with E-state index in [1.54, 1.807) is 0 Å². The number of esters is 3. The Balaban J connectivity index is 4.33. The van der Waals surface area contributed by atoms with Gasteiger partial charge in [0.1, 0.15) is 13.2 Å². The molecule has 1 unspecified atom stereocenters. The minimum absolute atomic E-state index is 0.0833. The van der Waals surface area contributed by atoms with E-state index in [0.29, 0.717) is 19.3 Å². The summed E-state index contributed by atoms with van der Waals surface area (Å²) >= 11 is 0. The summed E-state index contributed by atoms with van der Waals surface area (Å²) in [6, 6.07) is 0. The first-order valence-corrected chi connectivity index (χ1v) is 28.3. The molecule has 0 bridgehead atoms. The lowest BCUT2D eigenvalue weighted by Crippen LogP contribution is -2.30. The maximum absolute atomic E-state index is 12.8. The van der Waals surface area contributed by atoms with Gasteiger partial charge in [-0.2, -0.15) is 0 Å². The lowest BCUT2D eigenvalue weighted by Gasteiger charge is -2.18. The van der Waals surface area contributed by atoms with E-state index >= 15 is 0 Å². The smallest absolute Gasteiger partial charge is 0.306 e. The van der Waals surface area contributed by atoms with Gasteiger partial charge in [-0.25, -0.2) is 0 Å². The summed E-state index contributed by atoms with van der Waals surface area (Å²) in [6.07, 6.45) is 67.9. The lowest BCUT2D eigenvalue weighted by atomic mass is 10.0. The number of ether oxygens (including phenoxy) is 3. The first kappa shape index (κ1) is 63.1. The van der Waals surface area contributed by atoms with Crippen molar-refractivity contribution in [1.29, 1.82) is 0 Å². The number of hydrogen-bond acceptors (Lipinski definition) is 6. The van der Waals surface area contributed by atoms with Gasteiger partial charge in [0, 0.05) is 19.3 Å². The highest BCUT2D eigenvalue weighted by Crippen LogP contribution is 2.16. The van der Waals surface area contributed by atoms with Crippen molar-refractivity contribution in [1.82, 2.24) is 0 Å². The highest BCUT2D eigenvalue weighted by atomic mass is 16.6. The molecule has 0 aliphatic carbocycles. The standard InChI is InChI=1S/C60H106O6/c1-4-7-10-13-16-19-22-24-26-28-30-32-33-35-38-41-44-47-50-53-59(62)65-56-57(55-64-58(61)52-49-46-43-40-37-21-18-15-12-9-6-3)66-60(63)54-51-48-45-42-39-36-34-31-29-27-25-23-20-17-14-11-8-5-2/h7,10,15-16,18-19,21,24,26,37,57H,4-6,8-9,11-14,17,20,22-23,25,27-36,38-56H2,1-3H3/b10-7-,18-15-,19-16-,26-24-,37-21-. The van der Waals surface area contributed by atoms with E-state index in [1.807, 2.05) is 0 Å². The van der Waals surface area contributed by atoms with Crippen LogP contribution in [0.5, 0.6) is 0 Å². The van der Waals surface area contributed by atoms with E-state index in [2.05, 4.69) is 81.5 Å². The Labute approximate surface area is 409 Å². The molecule has 0 N–H and O–H groups in total. The molecule has 6 heteroatoms. The van der Waals surface area contributed by atoms with Gasteiger partial charge < -0.3 is 14.2 Å². The Hall–Kier alpha value is -2.89. The highest BCUT2D eigenvalue weighted by molar-refractivity contribution is 5.71. The summed E-state index contributed by atoms with van der Waals surface area (Å²) in [5, 5.41) is 0. The van der Waals surface area contributed by atoms with Crippen molar-refractivity contribution in [2.24, 2.45) is 0 Å². The molecule has 0 amide bonds. The van der Waals surface area contributed by atoms with Crippen molar-refractivity contribution in [2.75, 3.05) is 13.2 Å². The van der Waals surface area contributed by atoms with Crippen LogP contribution in [0, 0.1) is 0 Å². The Morgan fingerprint density at radius 2 is 0.652 bits per heavy atom. The second-order valence-electron chi connectivity index (χ2n) is 18.9. The van der Waals surface area contributed by atoms with Gasteiger partial charge in [-0.15, -0.1) is 0 Å². The molecule has 0 heterocycles. The fourth-order valence-electron chi connectivity index (χ4n) is 8.02. The molecule has 0 aromatic rings. The zero-order chi connectivity index (χ0) is 47.9. The van der Waals surface area contributed by atoms with E-state index in [1.165, 1.54) is 154 Å². The third kappa shape index (κ3) is 52.1. The van der Waals surface area contributed by atoms with Crippen LogP contribution in [-0.2, 0) is 28.6 Å². The summed E-state index contributed by atoms with van der Waals surface area (Å²) in [4.78, 5) is 38.1. The van der Waals surface area contributed by atoms with Crippen LogP contribution in [0.15, 0.2) is 60.8 Å². The predicted molar refractivity (Wildman–Crippen MR) is 284 cm³/mol. The first-order chi connectivity index (χ1) is 32.5. The molecule has 0 aromatic carbocycles. The number of rotatable bonds is 51. The molecule has 382 valence electrons. The van der Waals surface area contributed by atoms with Gasteiger partial charge in [-0.05, 0) is 70.6 Å². The van der Waals surface area contributed by atoms with Crippen LogP contribution in [0.2, 0.25) is 0 Å². The van der Waals surface area contributed by atoms with Crippen LogP contribution >= 0.6 is 0 Å². The Morgan fingerprint density at radius 3 is 1.08 bits per heavy atom. The Morgan fingerprint density at radius 1 is 0.333 bits per heavy atom. The van der Waals surface area contributed by atoms with E-state index < -0.39 is 6.10 Å². The van der Waals surface area contributed by atoms with Gasteiger partial charge in [0.2, 0.25) is 0 Å². The second kappa shape index (κ2) is 54.7. The molecule has 0 saturated carbocycles. The number of unbranched alkanes of at least 4 members (excludes halogenated alkanes) is 31. The summed E-state index contributed by atoms with van der Waals surface area (Å²) in [5.41, 5.74) is 0. The van der Waals surface area contributed by atoms with Crippen molar-refractivity contribution in [3.63, 3.8) is 0 Å². The largest absolute Gasteiger partial charge is 0.462 e. The van der Waals surface area contributed by atoms with Crippen molar-refractivity contribution in [3.05, 3.63) is 60.8 Å². The molecule has 0 saturated heterocycles. The van der Waals surface area contributed by atoms with Gasteiger partial charge in [-0.3, -0.25) is 14.4 Å². The second-order valence-corrected chi connectivity index (χ2v) is 18.9. The third-order valence-corrected chi connectivity index (χ3v) is 12.3. The number of carbonyl (C=O) groups is 3. The molecule has 0 spiro atoms. The topological polar surface area (TPSA) is 78.9 Å². The van der Waals surface area contributed by atoms with Crippen LogP contribution < -0.4 is 0 Å². The molecule has 0 fully saturated rings. The Kier molecular flexibility index (Phi) is 52.3. The minimum Gasteiger partial charge on any atom is -0.462 e. The monoisotopic (exact) mass is 923 g/mol. The third-order valence-electron chi connectivity index (χ3n) is 12.3. The molecular formula is C60H106O6. The summed E-state index contributed by atoms with van der Waals surface area (Å²) < 4.78 is 16.8. The van der Waals surface area contributed by atoms with E-state index in [-0.39, 0.29) is 31.1 Å². The van der Waals surface area contributed by atoms with Crippen molar-refractivity contribution in [2.45, 2.75) is 290 Å². The first-order valence-electron chi connectivity index (χ1n) is 28.3. The molecule has 0 aromatic heterocycles. The molecule has 1 atom stereocenters. The zero-order valence-corrected chi connectivity index (χ0v) is 43.7. The fraction of sp³-hybridized carbons (Fsp3) is 0.783. The molecule has 66 heavy (non-hydrogen) atoms. The molecule has 0 rings (SSSR count). The lowest BCUT2D eigenvalue weighted by molar-refractivity contribution is -0.167. The molecule has 0 radical (unpaired) electrons. The van der Waals surface area contributed by atoms with Crippen LogP contribution in [-0.4, -0.2) is 37.2 Å². The van der Waals surface area contributed by atoms with Crippen LogP contribution in [0.4, 0.5) is 0 Å².